The number of hydrogen-bond donors (Lipinski definition) is 1. The fourth-order valence-electron chi connectivity index (χ4n) is 3.83. The molecule has 2 atom stereocenters. The molecule has 1 aliphatic carbocycles. The molecule has 1 heterocycles. The molecule has 106 valence electrons. The summed E-state index contributed by atoms with van der Waals surface area (Å²) in [5.41, 5.74) is 6.89. The number of rotatable bonds is 3. The second-order valence-corrected chi connectivity index (χ2v) is 6.68. The van der Waals surface area contributed by atoms with Crippen LogP contribution in [0.2, 0.25) is 0 Å². The monoisotopic (exact) mass is 254 g/mol. The Morgan fingerprint density at radius 1 is 1.22 bits per heavy atom. The number of nitrogens with zero attached hydrogens (tertiary/aromatic N) is 1. The maximum atomic E-state index is 6.68. The van der Waals surface area contributed by atoms with Crippen LogP contribution in [0.4, 0.5) is 0 Å². The Balaban J connectivity index is 2.08. The van der Waals surface area contributed by atoms with Gasteiger partial charge in [0.2, 0.25) is 0 Å². The third-order valence-corrected chi connectivity index (χ3v) is 5.35. The lowest BCUT2D eigenvalue weighted by molar-refractivity contribution is -0.0141. The normalized spacial score (nSPS) is 39.8. The van der Waals surface area contributed by atoms with Crippen LogP contribution >= 0.6 is 0 Å². The molecule has 3 nitrogen and oxygen atoms in total. The van der Waals surface area contributed by atoms with Crippen LogP contribution in [0, 0.1) is 11.8 Å². The van der Waals surface area contributed by atoms with Gasteiger partial charge in [-0.25, -0.2) is 0 Å². The molecule has 2 N–H and O–H groups in total. The van der Waals surface area contributed by atoms with Crippen LogP contribution in [-0.4, -0.2) is 43.8 Å². The molecular weight excluding hydrogens is 224 g/mol. The van der Waals surface area contributed by atoms with Crippen LogP contribution in [0.1, 0.15) is 45.4 Å². The summed E-state index contributed by atoms with van der Waals surface area (Å²) in [6.07, 6.45) is 7.56. The van der Waals surface area contributed by atoms with Crippen molar-refractivity contribution in [1.82, 2.24) is 4.90 Å². The molecule has 0 aromatic carbocycles. The SMILES string of the molecule is CC1CCC(C(N)C2CCCOC2)(N(C)C)CC1. The first-order valence-electron chi connectivity index (χ1n) is 7.57. The van der Waals surface area contributed by atoms with Gasteiger partial charge in [0, 0.05) is 18.2 Å². The van der Waals surface area contributed by atoms with Crippen LogP contribution in [0.3, 0.4) is 0 Å². The fraction of sp³-hybridized carbons (Fsp3) is 1.00. The second-order valence-electron chi connectivity index (χ2n) is 6.68. The Hall–Kier alpha value is -0.120. The van der Waals surface area contributed by atoms with Crippen molar-refractivity contribution in [1.29, 1.82) is 0 Å². The first kappa shape index (κ1) is 14.3. The highest BCUT2D eigenvalue weighted by atomic mass is 16.5. The molecule has 0 aromatic heterocycles. The van der Waals surface area contributed by atoms with E-state index in [9.17, 15) is 0 Å². The quantitative estimate of drug-likeness (QED) is 0.839. The summed E-state index contributed by atoms with van der Waals surface area (Å²) in [6, 6.07) is 0.264. The molecule has 2 fully saturated rings. The Morgan fingerprint density at radius 2 is 1.89 bits per heavy atom. The molecule has 3 heteroatoms. The van der Waals surface area contributed by atoms with Crippen molar-refractivity contribution in [2.75, 3.05) is 27.3 Å². The first-order chi connectivity index (χ1) is 8.56. The van der Waals surface area contributed by atoms with Crippen LogP contribution < -0.4 is 5.73 Å². The van der Waals surface area contributed by atoms with E-state index < -0.39 is 0 Å². The highest BCUT2D eigenvalue weighted by molar-refractivity contribution is 5.02. The third-order valence-electron chi connectivity index (χ3n) is 5.35. The van der Waals surface area contributed by atoms with E-state index in [1.165, 1.54) is 38.5 Å². The minimum atomic E-state index is 0.206. The summed E-state index contributed by atoms with van der Waals surface area (Å²) >= 11 is 0. The zero-order valence-electron chi connectivity index (χ0n) is 12.3. The number of likely N-dealkylation sites (N-methyl/N-ethyl adjacent to an activating group) is 1. The van der Waals surface area contributed by atoms with Gasteiger partial charge in [0.25, 0.3) is 0 Å². The van der Waals surface area contributed by atoms with Gasteiger partial charge in [0.05, 0.1) is 6.61 Å². The average Bonchev–Trinajstić information content (AvgIpc) is 2.40. The average molecular weight is 254 g/mol. The van der Waals surface area contributed by atoms with Crippen molar-refractivity contribution in [3.05, 3.63) is 0 Å². The van der Waals surface area contributed by atoms with Gasteiger partial charge < -0.3 is 15.4 Å². The molecule has 2 unspecified atom stereocenters. The molecule has 1 aliphatic heterocycles. The van der Waals surface area contributed by atoms with Gasteiger partial charge in [-0.15, -0.1) is 0 Å². The third kappa shape index (κ3) is 2.73. The van der Waals surface area contributed by atoms with Gasteiger partial charge >= 0.3 is 0 Å². The standard InChI is InChI=1S/C15H30N2O/c1-12-6-8-15(9-7-12,17(2)3)14(16)13-5-4-10-18-11-13/h12-14H,4-11,16H2,1-3H3. The van der Waals surface area contributed by atoms with Crippen molar-refractivity contribution < 1.29 is 4.74 Å². The van der Waals surface area contributed by atoms with Crippen molar-refractivity contribution in [2.45, 2.75) is 57.0 Å². The molecule has 0 amide bonds. The van der Waals surface area contributed by atoms with Gasteiger partial charge in [0.15, 0.2) is 0 Å². The van der Waals surface area contributed by atoms with E-state index in [1.807, 2.05) is 0 Å². The van der Waals surface area contributed by atoms with E-state index in [-0.39, 0.29) is 11.6 Å². The Bertz CT molecular complexity index is 253. The predicted molar refractivity (Wildman–Crippen MR) is 75.6 cm³/mol. The summed E-state index contributed by atoms with van der Waals surface area (Å²) in [5.74, 6) is 1.42. The van der Waals surface area contributed by atoms with Gasteiger partial charge in [-0.1, -0.05) is 6.92 Å². The predicted octanol–water partition coefficient (Wildman–Crippen LogP) is 2.25. The second kappa shape index (κ2) is 5.89. The Labute approximate surface area is 112 Å². The molecule has 1 saturated carbocycles. The molecule has 2 rings (SSSR count). The van der Waals surface area contributed by atoms with Gasteiger partial charge in [0.1, 0.15) is 0 Å². The summed E-state index contributed by atoms with van der Waals surface area (Å²) in [5, 5.41) is 0. The minimum Gasteiger partial charge on any atom is -0.381 e. The van der Waals surface area contributed by atoms with Crippen molar-refractivity contribution in [2.24, 2.45) is 17.6 Å². The van der Waals surface area contributed by atoms with E-state index in [1.54, 1.807) is 0 Å². The topological polar surface area (TPSA) is 38.5 Å². The molecule has 18 heavy (non-hydrogen) atoms. The van der Waals surface area contributed by atoms with E-state index in [4.69, 9.17) is 10.5 Å². The summed E-state index contributed by atoms with van der Waals surface area (Å²) in [6.45, 7) is 4.16. The van der Waals surface area contributed by atoms with E-state index in [0.29, 0.717) is 5.92 Å². The van der Waals surface area contributed by atoms with Gasteiger partial charge in [-0.3, -0.25) is 0 Å². The minimum absolute atomic E-state index is 0.206. The highest BCUT2D eigenvalue weighted by Gasteiger charge is 2.44. The molecule has 2 aliphatic rings. The molecule has 0 bridgehead atoms. The van der Waals surface area contributed by atoms with Crippen LogP contribution in [0.5, 0.6) is 0 Å². The lowest BCUT2D eigenvalue weighted by Crippen LogP contribution is -2.62. The molecule has 0 radical (unpaired) electrons. The first-order valence-corrected chi connectivity index (χ1v) is 7.57. The van der Waals surface area contributed by atoms with Crippen molar-refractivity contribution >= 4 is 0 Å². The number of nitrogens with two attached hydrogens (primary N) is 1. The van der Waals surface area contributed by atoms with E-state index in [2.05, 4.69) is 25.9 Å². The number of hydrogen-bond acceptors (Lipinski definition) is 3. The van der Waals surface area contributed by atoms with Crippen molar-refractivity contribution in [3.63, 3.8) is 0 Å². The molecule has 0 aromatic rings. The zero-order valence-corrected chi connectivity index (χ0v) is 12.3. The molecular formula is C15H30N2O. The summed E-state index contributed by atoms with van der Waals surface area (Å²) in [4.78, 5) is 2.40. The lowest BCUT2D eigenvalue weighted by atomic mass is 9.68. The molecule has 0 spiro atoms. The largest absolute Gasteiger partial charge is 0.381 e. The lowest BCUT2D eigenvalue weighted by Gasteiger charge is -2.51. The highest BCUT2D eigenvalue weighted by Crippen LogP contribution is 2.40. The van der Waals surface area contributed by atoms with Crippen LogP contribution in [0.25, 0.3) is 0 Å². The van der Waals surface area contributed by atoms with Crippen molar-refractivity contribution in [3.8, 4) is 0 Å². The number of ether oxygens (including phenoxy) is 1. The summed E-state index contributed by atoms with van der Waals surface area (Å²) < 4.78 is 5.64. The maximum Gasteiger partial charge on any atom is 0.0509 e. The van der Waals surface area contributed by atoms with Gasteiger partial charge in [-0.05, 0) is 64.5 Å². The Morgan fingerprint density at radius 3 is 2.39 bits per heavy atom. The zero-order chi connectivity index (χ0) is 13.2. The summed E-state index contributed by atoms with van der Waals surface area (Å²) in [7, 11) is 4.42. The maximum absolute atomic E-state index is 6.68. The fourth-order valence-corrected chi connectivity index (χ4v) is 3.83. The van der Waals surface area contributed by atoms with E-state index in [0.717, 1.165) is 19.1 Å². The van der Waals surface area contributed by atoms with E-state index >= 15 is 0 Å². The van der Waals surface area contributed by atoms with Crippen LogP contribution in [-0.2, 0) is 4.74 Å². The molecule has 1 saturated heterocycles. The Kier molecular flexibility index (Phi) is 4.68. The van der Waals surface area contributed by atoms with Crippen LogP contribution in [0.15, 0.2) is 0 Å². The van der Waals surface area contributed by atoms with Gasteiger partial charge in [-0.2, -0.15) is 0 Å². The smallest absolute Gasteiger partial charge is 0.0509 e.